The Balaban J connectivity index is 1.48. The molecule has 3 rings (SSSR count). The van der Waals surface area contributed by atoms with Crippen molar-refractivity contribution in [3.63, 3.8) is 0 Å². The van der Waals surface area contributed by atoms with E-state index in [0.717, 1.165) is 43.2 Å². The lowest BCUT2D eigenvalue weighted by Crippen LogP contribution is -2.55. The minimum Gasteiger partial charge on any atom is -0.339 e. The highest BCUT2D eigenvalue weighted by Crippen LogP contribution is 2.21. The topological polar surface area (TPSA) is 68.2 Å². The highest BCUT2D eigenvalue weighted by atomic mass is 32.1. The van der Waals surface area contributed by atoms with Crippen LogP contribution < -0.4 is 5.73 Å². The van der Waals surface area contributed by atoms with Gasteiger partial charge in [0, 0.05) is 25.6 Å². The van der Waals surface area contributed by atoms with E-state index in [1.54, 1.807) is 11.3 Å². The number of rotatable bonds is 5. The number of likely N-dealkylation sites (tertiary alicyclic amines) is 1. The van der Waals surface area contributed by atoms with Crippen molar-refractivity contribution in [2.45, 2.75) is 18.9 Å². The van der Waals surface area contributed by atoms with Gasteiger partial charge in [-0.25, -0.2) is 0 Å². The van der Waals surface area contributed by atoms with Crippen molar-refractivity contribution in [3.05, 3.63) is 23.4 Å². The van der Waals surface area contributed by atoms with E-state index >= 15 is 0 Å². The Hall–Kier alpha value is -1.24. The molecule has 6 heteroatoms. The van der Waals surface area contributed by atoms with E-state index < -0.39 is 0 Å². The standard InChI is InChI=1S/C12H16N4OS/c13-9-7-16(8-9)5-1-4-11-14-12(15-17-11)10-3-2-6-18-10/h2-3,6,9H,1,4-5,7-8,13H2. The molecule has 5 nitrogen and oxygen atoms in total. The van der Waals surface area contributed by atoms with Gasteiger partial charge in [-0.05, 0) is 24.4 Å². The molecule has 0 unspecified atom stereocenters. The molecule has 96 valence electrons. The number of hydrogen-bond donors (Lipinski definition) is 1. The number of thiophene rings is 1. The molecule has 18 heavy (non-hydrogen) atoms. The maximum absolute atomic E-state index is 5.73. The van der Waals surface area contributed by atoms with Crippen LogP contribution >= 0.6 is 11.3 Å². The van der Waals surface area contributed by atoms with Gasteiger partial charge in [0.25, 0.3) is 0 Å². The van der Waals surface area contributed by atoms with E-state index in [2.05, 4.69) is 15.0 Å². The monoisotopic (exact) mass is 264 g/mol. The fourth-order valence-electron chi connectivity index (χ4n) is 2.11. The van der Waals surface area contributed by atoms with Crippen molar-refractivity contribution in [2.24, 2.45) is 5.73 Å². The van der Waals surface area contributed by atoms with Crippen LogP contribution in [0.25, 0.3) is 10.7 Å². The van der Waals surface area contributed by atoms with Gasteiger partial charge in [0.15, 0.2) is 0 Å². The maximum atomic E-state index is 5.73. The summed E-state index contributed by atoms with van der Waals surface area (Å²) in [6, 6.07) is 4.36. The van der Waals surface area contributed by atoms with Crippen LogP contribution in [0.2, 0.25) is 0 Å². The Labute approximate surface area is 110 Å². The van der Waals surface area contributed by atoms with Gasteiger partial charge in [-0.3, -0.25) is 0 Å². The molecule has 0 aromatic carbocycles. The van der Waals surface area contributed by atoms with Crippen molar-refractivity contribution < 1.29 is 4.52 Å². The second-order valence-corrected chi connectivity index (χ2v) is 5.56. The number of nitrogens with two attached hydrogens (primary N) is 1. The van der Waals surface area contributed by atoms with Gasteiger partial charge >= 0.3 is 0 Å². The molecular weight excluding hydrogens is 248 g/mol. The average molecular weight is 264 g/mol. The Kier molecular flexibility index (Phi) is 3.40. The van der Waals surface area contributed by atoms with Crippen molar-refractivity contribution in [3.8, 4) is 10.7 Å². The molecule has 1 fully saturated rings. The van der Waals surface area contributed by atoms with E-state index in [-0.39, 0.29) is 0 Å². The third-order valence-corrected chi connectivity index (χ3v) is 3.93. The summed E-state index contributed by atoms with van der Waals surface area (Å²) >= 11 is 1.62. The van der Waals surface area contributed by atoms with Crippen LogP contribution in [0.15, 0.2) is 22.0 Å². The first kappa shape index (κ1) is 11.8. The minimum absolute atomic E-state index is 0.374. The number of nitrogens with zero attached hydrogens (tertiary/aromatic N) is 3. The molecule has 0 bridgehead atoms. The molecule has 0 saturated carbocycles. The zero-order valence-corrected chi connectivity index (χ0v) is 10.9. The van der Waals surface area contributed by atoms with Crippen LogP contribution in [0, 0.1) is 0 Å². The summed E-state index contributed by atoms with van der Waals surface area (Å²) in [6.07, 6.45) is 1.88. The molecule has 0 amide bonds. The van der Waals surface area contributed by atoms with Gasteiger partial charge in [0.05, 0.1) is 4.88 Å². The molecule has 3 heterocycles. The zero-order valence-electron chi connectivity index (χ0n) is 10.1. The number of aromatic nitrogens is 2. The Morgan fingerprint density at radius 1 is 1.50 bits per heavy atom. The molecule has 1 saturated heterocycles. The van der Waals surface area contributed by atoms with Crippen LogP contribution in [-0.2, 0) is 6.42 Å². The summed E-state index contributed by atoms with van der Waals surface area (Å²) in [4.78, 5) is 7.80. The fourth-order valence-corrected chi connectivity index (χ4v) is 2.76. The summed E-state index contributed by atoms with van der Waals surface area (Å²) in [5.41, 5.74) is 5.73. The molecule has 2 aromatic heterocycles. The van der Waals surface area contributed by atoms with E-state index in [1.807, 2.05) is 17.5 Å². The molecule has 0 atom stereocenters. The highest BCUT2D eigenvalue weighted by molar-refractivity contribution is 7.13. The predicted octanol–water partition coefficient (Wildman–Crippen LogP) is 1.37. The summed E-state index contributed by atoms with van der Waals surface area (Å²) in [5.74, 6) is 1.43. The number of hydrogen-bond acceptors (Lipinski definition) is 6. The van der Waals surface area contributed by atoms with Gasteiger partial charge in [-0.2, -0.15) is 4.98 Å². The van der Waals surface area contributed by atoms with Gasteiger partial charge in [0.2, 0.25) is 11.7 Å². The van der Waals surface area contributed by atoms with Crippen molar-refractivity contribution in [1.82, 2.24) is 15.0 Å². The van der Waals surface area contributed by atoms with Crippen LogP contribution in [0.4, 0.5) is 0 Å². The van der Waals surface area contributed by atoms with Gasteiger partial charge < -0.3 is 15.2 Å². The number of aryl methyl sites for hydroxylation is 1. The van der Waals surface area contributed by atoms with Gasteiger partial charge in [-0.15, -0.1) is 11.3 Å². The SMILES string of the molecule is NC1CN(CCCc2nc(-c3cccs3)no2)C1. The van der Waals surface area contributed by atoms with Crippen molar-refractivity contribution >= 4 is 11.3 Å². The van der Waals surface area contributed by atoms with Crippen molar-refractivity contribution in [2.75, 3.05) is 19.6 Å². The van der Waals surface area contributed by atoms with Crippen LogP contribution in [-0.4, -0.2) is 40.7 Å². The summed E-state index contributed by atoms with van der Waals surface area (Å²) in [5, 5.41) is 6.01. The normalized spacial score (nSPS) is 16.9. The molecular formula is C12H16N4OS. The predicted molar refractivity (Wildman–Crippen MR) is 70.3 cm³/mol. The van der Waals surface area contributed by atoms with Crippen LogP contribution in [0.5, 0.6) is 0 Å². The first-order valence-corrected chi connectivity index (χ1v) is 7.03. The lowest BCUT2D eigenvalue weighted by Gasteiger charge is -2.36. The average Bonchev–Trinajstić information content (AvgIpc) is 2.96. The van der Waals surface area contributed by atoms with Crippen molar-refractivity contribution in [1.29, 1.82) is 0 Å². The Morgan fingerprint density at radius 2 is 2.39 bits per heavy atom. The molecule has 0 aliphatic carbocycles. The summed E-state index contributed by atoms with van der Waals surface area (Å²) in [6.45, 7) is 3.10. The second-order valence-electron chi connectivity index (χ2n) is 4.61. The quantitative estimate of drug-likeness (QED) is 0.883. The third-order valence-electron chi connectivity index (χ3n) is 3.06. The van der Waals surface area contributed by atoms with Crippen LogP contribution in [0.3, 0.4) is 0 Å². The first-order chi connectivity index (χ1) is 8.81. The smallest absolute Gasteiger partial charge is 0.227 e. The molecule has 0 spiro atoms. The molecule has 2 N–H and O–H groups in total. The zero-order chi connectivity index (χ0) is 12.4. The Morgan fingerprint density at radius 3 is 3.11 bits per heavy atom. The lowest BCUT2D eigenvalue weighted by molar-refractivity contribution is 0.148. The molecule has 1 aliphatic heterocycles. The van der Waals surface area contributed by atoms with Gasteiger partial charge in [0.1, 0.15) is 0 Å². The largest absolute Gasteiger partial charge is 0.339 e. The molecule has 1 aliphatic rings. The van der Waals surface area contributed by atoms with E-state index in [1.165, 1.54) is 0 Å². The summed E-state index contributed by atoms with van der Waals surface area (Å²) in [7, 11) is 0. The summed E-state index contributed by atoms with van der Waals surface area (Å²) < 4.78 is 5.25. The minimum atomic E-state index is 0.374. The first-order valence-electron chi connectivity index (χ1n) is 6.15. The highest BCUT2D eigenvalue weighted by Gasteiger charge is 2.22. The lowest BCUT2D eigenvalue weighted by atomic mass is 10.1. The Bertz CT molecular complexity index is 490. The van der Waals surface area contributed by atoms with E-state index in [9.17, 15) is 0 Å². The van der Waals surface area contributed by atoms with E-state index in [4.69, 9.17) is 10.3 Å². The van der Waals surface area contributed by atoms with Gasteiger partial charge in [-0.1, -0.05) is 11.2 Å². The third kappa shape index (κ3) is 2.60. The fraction of sp³-hybridized carbons (Fsp3) is 0.500. The van der Waals surface area contributed by atoms with E-state index in [0.29, 0.717) is 11.9 Å². The van der Waals surface area contributed by atoms with Crippen LogP contribution in [0.1, 0.15) is 12.3 Å². The molecule has 2 aromatic rings. The molecule has 0 radical (unpaired) electrons. The second kappa shape index (κ2) is 5.17. The maximum Gasteiger partial charge on any atom is 0.227 e.